The number of nitrogens with one attached hydrogen (secondary N) is 1. The Balaban J connectivity index is 2.06. The molecule has 0 saturated heterocycles. The molecule has 0 spiro atoms. The third-order valence-corrected chi connectivity index (χ3v) is 3.90. The van der Waals surface area contributed by atoms with Crippen LogP contribution in [0.25, 0.3) is 0 Å². The number of para-hydroxylation sites is 1. The zero-order valence-electron chi connectivity index (χ0n) is 11.7. The van der Waals surface area contributed by atoms with Gasteiger partial charge in [0.2, 0.25) is 5.91 Å². The first-order chi connectivity index (χ1) is 9.50. The summed E-state index contributed by atoms with van der Waals surface area (Å²) in [5.41, 5.74) is 0.964. The lowest BCUT2D eigenvalue weighted by Crippen LogP contribution is -2.38. The summed E-state index contributed by atoms with van der Waals surface area (Å²) in [4.78, 5) is 22.5. The van der Waals surface area contributed by atoms with Crippen molar-refractivity contribution in [2.24, 2.45) is 5.92 Å². The van der Waals surface area contributed by atoms with Gasteiger partial charge < -0.3 is 15.2 Å². The van der Waals surface area contributed by atoms with Crippen LogP contribution in [-0.2, 0) is 15.0 Å². The Labute approximate surface area is 117 Å². The second-order valence-corrected chi connectivity index (χ2v) is 5.26. The Bertz CT molecular complexity index is 522. The van der Waals surface area contributed by atoms with E-state index in [2.05, 4.69) is 5.32 Å². The van der Waals surface area contributed by atoms with Gasteiger partial charge in [0, 0.05) is 17.5 Å². The smallest absolute Gasteiger partial charge is 0.315 e. The molecule has 5 heteroatoms. The minimum absolute atomic E-state index is 0.111. The van der Waals surface area contributed by atoms with E-state index in [4.69, 9.17) is 9.84 Å². The normalized spacial score (nSPS) is 17.1. The zero-order chi connectivity index (χ0) is 14.8. The standard InChI is InChI=1S/C15H19NO4/c1-10(14(18)19)13(17)16-9-15(7-8-15)11-5-3-4-6-12(11)20-2/h3-6,10H,7-9H2,1-2H3,(H,16,17)(H,18,19). The van der Waals surface area contributed by atoms with Crippen molar-refractivity contribution in [2.75, 3.05) is 13.7 Å². The van der Waals surface area contributed by atoms with Crippen LogP contribution >= 0.6 is 0 Å². The molecule has 1 aliphatic rings. The minimum Gasteiger partial charge on any atom is -0.496 e. The molecule has 1 amide bonds. The van der Waals surface area contributed by atoms with Crippen molar-refractivity contribution in [3.8, 4) is 5.75 Å². The fourth-order valence-electron chi connectivity index (χ4n) is 2.30. The highest BCUT2D eigenvalue weighted by Crippen LogP contribution is 2.50. The van der Waals surface area contributed by atoms with Gasteiger partial charge in [-0.25, -0.2) is 0 Å². The summed E-state index contributed by atoms with van der Waals surface area (Å²) in [6, 6.07) is 7.75. The van der Waals surface area contributed by atoms with Crippen LogP contribution in [0.3, 0.4) is 0 Å². The van der Waals surface area contributed by atoms with Crippen LogP contribution < -0.4 is 10.1 Å². The lowest BCUT2D eigenvalue weighted by atomic mass is 9.94. The molecule has 0 aliphatic heterocycles. The number of aliphatic carboxylic acids is 1. The number of benzene rings is 1. The number of carboxylic acid groups (broad SMARTS) is 1. The van der Waals surface area contributed by atoms with Gasteiger partial charge in [-0.05, 0) is 25.8 Å². The van der Waals surface area contributed by atoms with E-state index in [1.165, 1.54) is 6.92 Å². The molecule has 20 heavy (non-hydrogen) atoms. The summed E-state index contributed by atoms with van der Waals surface area (Å²) in [5, 5.41) is 11.6. The van der Waals surface area contributed by atoms with E-state index in [1.807, 2.05) is 24.3 Å². The van der Waals surface area contributed by atoms with E-state index in [1.54, 1.807) is 7.11 Å². The number of methoxy groups -OCH3 is 1. The number of carboxylic acids is 1. The van der Waals surface area contributed by atoms with E-state index in [0.717, 1.165) is 24.2 Å². The van der Waals surface area contributed by atoms with Gasteiger partial charge in [-0.2, -0.15) is 0 Å². The Kier molecular flexibility index (Phi) is 3.97. The Morgan fingerprint density at radius 1 is 1.40 bits per heavy atom. The predicted octanol–water partition coefficient (Wildman–Crippen LogP) is 1.56. The Morgan fingerprint density at radius 3 is 2.60 bits per heavy atom. The molecule has 0 bridgehead atoms. The first-order valence-electron chi connectivity index (χ1n) is 6.64. The molecule has 0 aromatic heterocycles. The predicted molar refractivity (Wildman–Crippen MR) is 73.7 cm³/mol. The second-order valence-electron chi connectivity index (χ2n) is 5.26. The van der Waals surface area contributed by atoms with Gasteiger partial charge in [0.25, 0.3) is 0 Å². The number of hydrogen-bond donors (Lipinski definition) is 2. The topological polar surface area (TPSA) is 75.6 Å². The Morgan fingerprint density at radius 2 is 2.05 bits per heavy atom. The summed E-state index contributed by atoms with van der Waals surface area (Å²) in [7, 11) is 1.62. The minimum atomic E-state index is -1.11. The molecule has 0 heterocycles. The number of carbonyl (C=O) groups excluding carboxylic acids is 1. The summed E-state index contributed by atoms with van der Waals surface area (Å²) in [6.45, 7) is 1.84. The molecule has 1 fully saturated rings. The van der Waals surface area contributed by atoms with Crippen molar-refractivity contribution in [3.63, 3.8) is 0 Å². The Hall–Kier alpha value is -2.04. The van der Waals surface area contributed by atoms with Gasteiger partial charge in [0.05, 0.1) is 7.11 Å². The summed E-state index contributed by atoms with van der Waals surface area (Å²) >= 11 is 0. The van der Waals surface area contributed by atoms with Gasteiger partial charge >= 0.3 is 5.97 Å². The number of hydrogen-bond acceptors (Lipinski definition) is 3. The van der Waals surface area contributed by atoms with Crippen LogP contribution in [0.4, 0.5) is 0 Å². The lowest BCUT2D eigenvalue weighted by Gasteiger charge is -2.20. The lowest BCUT2D eigenvalue weighted by molar-refractivity contribution is -0.146. The molecule has 2 N–H and O–H groups in total. The van der Waals surface area contributed by atoms with Crippen molar-refractivity contribution in [1.82, 2.24) is 5.32 Å². The van der Waals surface area contributed by atoms with Crippen LogP contribution in [0.2, 0.25) is 0 Å². The third-order valence-electron chi connectivity index (χ3n) is 3.90. The molecule has 5 nitrogen and oxygen atoms in total. The first-order valence-corrected chi connectivity index (χ1v) is 6.64. The van der Waals surface area contributed by atoms with E-state index >= 15 is 0 Å². The van der Waals surface area contributed by atoms with E-state index in [0.29, 0.717) is 6.54 Å². The largest absolute Gasteiger partial charge is 0.496 e. The first kappa shape index (κ1) is 14.4. The van der Waals surface area contributed by atoms with Gasteiger partial charge in [0.15, 0.2) is 0 Å². The molecule has 0 radical (unpaired) electrons. The summed E-state index contributed by atoms with van der Waals surface area (Å²) in [5.74, 6) is -1.77. The van der Waals surface area contributed by atoms with Crippen molar-refractivity contribution >= 4 is 11.9 Å². The van der Waals surface area contributed by atoms with Crippen LogP contribution in [0.5, 0.6) is 5.75 Å². The summed E-state index contributed by atoms with van der Waals surface area (Å²) in [6.07, 6.45) is 1.93. The number of rotatable bonds is 6. The number of amides is 1. The molecule has 2 rings (SSSR count). The third kappa shape index (κ3) is 2.76. The SMILES string of the molecule is COc1ccccc1C1(CNC(=O)C(C)C(=O)O)CC1. The summed E-state index contributed by atoms with van der Waals surface area (Å²) < 4.78 is 5.36. The maximum absolute atomic E-state index is 11.7. The molecule has 1 unspecified atom stereocenters. The van der Waals surface area contributed by atoms with Gasteiger partial charge in [-0.1, -0.05) is 18.2 Å². The van der Waals surface area contributed by atoms with Crippen LogP contribution in [0.15, 0.2) is 24.3 Å². The molecule has 1 saturated carbocycles. The van der Waals surface area contributed by atoms with Crippen molar-refractivity contribution in [2.45, 2.75) is 25.2 Å². The van der Waals surface area contributed by atoms with Crippen molar-refractivity contribution in [1.29, 1.82) is 0 Å². The highest BCUT2D eigenvalue weighted by Gasteiger charge is 2.46. The molecular formula is C15H19NO4. The van der Waals surface area contributed by atoms with Gasteiger partial charge in [-0.15, -0.1) is 0 Å². The van der Waals surface area contributed by atoms with Crippen LogP contribution in [0.1, 0.15) is 25.3 Å². The van der Waals surface area contributed by atoms with Crippen LogP contribution in [-0.4, -0.2) is 30.6 Å². The fraction of sp³-hybridized carbons (Fsp3) is 0.467. The van der Waals surface area contributed by atoms with E-state index in [-0.39, 0.29) is 5.41 Å². The number of ether oxygens (including phenoxy) is 1. The van der Waals surface area contributed by atoms with Gasteiger partial charge in [-0.3, -0.25) is 9.59 Å². The molecule has 1 aromatic carbocycles. The fourth-order valence-corrected chi connectivity index (χ4v) is 2.30. The molecule has 1 aromatic rings. The van der Waals surface area contributed by atoms with E-state index in [9.17, 15) is 9.59 Å². The van der Waals surface area contributed by atoms with Crippen LogP contribution in [0, 0.1) is 5.92 Å². The monoisotopic (exact) mass is 277 g/mol. The quantitative estimate of drug-likeness (QED) is 0.774. The maximum Gasteiger partial charge on any atom is 0.315 e. The van der Waals surface area contributed by atoms with Gasteiger partial charge in [0.1, 0.15) is 11.7 Å². The highest BCUT2D eigenvalue weighted by molar-refractivity contribution is 5.96. The molecular weight excluding hydrogens is 258 g/mol. The van der Waals surface area contributed by atoms with Crippen molar-refractivity contribution in [3.05, 3.63) is 29.8 Å². The second kappa shape index (κ2) is 5.53. The maximum atomic E-state index is 11.7. The van der Waals surface area contributed by atoms with E-state index < -0.39 is 17.8 Å². The molecule has 1 atom stereocenters. The highest BCUT2D eigenvalue weighted by atomic mass is 16.5. The average Bonchev–Trinajstić information content (AvgIpc) is 3.24. The zero-order valence-corrected chi connectivity index (χ0v) is 11.7. The number of carbonyl (C=O) groups is 2. The van der Waals surface area contributed by atoms with Crippen molar-refractivity contribution < 1.29 is 19.4 Å². The molecule has 108 valence electrons. The molecule has 1 aliphatic carbocycles. The average molecular weight is 277 g/mol.